The van der Waals surface area contributed by atoms with Crippen LogP contribution < -0.4 is 0 Å². The molecule has 21 heavy (non-hydrogen) atoms. The van der Waals surface area contributed by atoms with Crippen LogP contribution in [0.25, 0.3) is 22.4 Å². The largest absolute Gasteiger partial charge is 0.360 e. The summed E-state index contributed by atoms with van der Waals surface area (Å²) in [6, 6.07) is 19.3. The van der Waals surface area contributed by atoms with Crippen molar-refractivity contribution in [2.45, 2.75) is 0 Å². The summed E-state index contributed by atoms with van der Waals surface area (Å²) in [6.07, 6.45) is 1.95. The van der Waals surface area contributed by atoms with Crippen molar-refractivity contribution in [3.05, 3.63) is 72.4 Å². The van der Waals surface area contributed by atoms with Crippen LogP contribution in [0.3, 0.4) is 0 Å². The van der Waals surface area contributed by atoms with Gasteiger partial charge in [0, 0.05) is 11.8 Å². The number of hydrogen-bond acceptors (Lipinski definition) is 2. The van der Waals surface area contributed by atoms with Crippen molar-refractivity contribution in [1.29, 1.82) is 0 Å². The number of ketones is 1. The van der Waals surface area contributed by atoms with Gasteiger partial charge in [0.25, 0.3) is 0 Å². The first-order valence-electron chi connectivity index (χ1n) is 6.63. The normalized spacial score (nSPS) is 10.3. The number of hydrogen-bond donors (Lipinski definition) is 1. The maximum Gasteiger partial charge on any atom is 0.227 e. The lowest BCUT2D eigenvalue weighted by Gasteiger charge is -2.06. The van der Waals surface area contributed by atoms with Crippen molar-refractivity contribution in [3.8, 4) is 22.4 Å². The molecule has 0 amide bonds. The molecule has 1 N–H and O–H groups in total. The molecular weight excluding hydrogens is 262 g/mol. The first-order chi connectivity index (χ1) is 10.3. The first kappa shape index (κ1) is 13.1. The van der Waals surface area contributed by atoms with Crippen LogP contribution in [-0.2, 0) is 4.79 Å². The van der Waals surface area contributed by atoms with Gasteiger partial charge < -0.3 is 4.98 Å². The van der Waals surface area contributed by atoms with Gasteiger partial charge >= 0.3 is 0 Å². The van der Waals surface area contributed by atoms with Crippen molar-refractivity contribution >= 4 is 12.1 Å². The average Bonchev–Trinajstić information content (AvgIpc) is 3.00. The van der Waals surface area contributed by atoms with E-state index in [-0.39, 0.29) is 0 Å². The van der Waals surface area contributed by atoms with Crippen molar-refractivity contribution in [3.63, 3.8) is 0 Å². The van der Waals surface area contributed by atoms with Gasteiger partial charge in [-0.2, -0.15) is 0 Å². The first-order valence-corrected chi connectivity index (χ1v) is 6.63. The van der Waals surface area contributed by atoms with Crippen molar-refractivity contribution < 1.29 is 9.59 Å². The highest BCUT2D eigenvalue weighted by Crippen LogP contribution is 2.34. The fourth-order valence-electron chi connectivity index (χ4n) is 2.42. The topological polar surface area (TPSA) is 49.9 Å². The molecule has 0 bridgehead atoms. The van der Waals surface area contributed by atoms with Crippen LogP contribution >= 0.6 is 0 Å². The molecular formula is C18H13NO2. The number of rotatable bonds is 4. The summed E-state index contributed by atoms with van der Waals surface area (Å²) >= 11 is 0. The van der Waals surface area contributed by atoms with Crippen molar-refractivity contribution in [2.75, 3.05) is 0 Å². The van der Waals surface area contributed by atoms with Gasteiger partial charge in [-0.3, -0.25) is 9.59 Å². The molecule has 1 heterocycles. The highest BCUT2D eigenvalue weighted by atomic mass is 16.2. The van der Waals surface area contributed by atoms with Crippen LogP contribution in [0.5, 0.6) is 0 Å². The summed E-state index contributed by atoms with van der Waals surface area (Å²) in [4.78, 5) is 25.9. The molecule has 0 saturated carbocycles. The standard InChI is InChI=1S/C18H13NO2/c20-12-16(21)15-11-19-18(14-9-5-2-6-10-14)17(15)13-7-3-1-4-8-13/h1-12,19H. The monoisotopic (exact) mass is 275 g/mol. The van der Waals surface area contributed by atoms with Crippen LogP contribution in [0.1, 0.15) is 10.4 Å². The van der Waals surface area contributed by atoms with Gasteiger partial charge in [-0.05, 0) is 11.1 Å². The fourth-order valence-corrected chi connectivity index (χ4v) is 2.42. The number of carbonyl (C=O) groups is 2. The summed E-state index contributed by atoms with van der Waals surface area (Å²) in [5, 5.41) is 0. The van der Waals surface area contributed by atoms with E-state index in [0.29, 0.717) is 11.8 Å². The molecule has 102 valence electrons. The van der Waals surface area contributed by atoms with E-state index in [1.54, 1.807) is 6.20 Å². The molecule has 0 radical (unpaired) electrons. The molecule has 0 aliphatic heterocycles. The molecule has 3 aromatic rings. The van der Waals surface area contributed by atoms with Crippen LogP contribution in [0.2, 0.25) is 0 Å². The molecule has 3 heteroatoms. The molecule has 0 aliphatic carbocycles. The van der Waals surface area contributed by atoms with Crippen LogP contribution in [-0.4, -0.2) is 17.1 Å². The van der Waals surface area contributed by atoms with Gasteiger partial charge in [0.05, 0.1) is 11.3 Å². The van der Waals surface area contributed by atoms with Crippen LogP contribution in [0, 0.1) is 0 Å². The Bertz CT molecular complexity index is 773. The Morgan fingerprint density at radius 3 is 2.00 bits per heavy atom. The number of H-pyrrole nitrogens is 1. The van der Waals surface area contributed by atoms with Crippen LogP contribution in [0.4, 0.5) is 0 Å². The minimum atomic E-state index is -0.521. The summed E-state index contributed by atoms with van der Waals surface area (Å²) in [7, 11) is 0. The zero-order valence-electron chi connectivity index (χ0n) is 11.2. The molecule has 0 spiro atoms. The number of carbonyl (C=O) groups excluding carboxylic acids is 2. The second kappa shape index (κ2) is 5.59. The molecule has 0 atom stereocenters. The maximum absolute atomic E-state index is 11.9. The van der Waals surface area contributed by atoms with Gasteiger partial charge in [0.15, 0.2) is 6.29 Å². The quantitative estimate of drug-likeness (QED) is 0.448. The second-order valence-corrected chi connectivity index (χ2v) is 4.67. The highest BCUT2D eigenvalue weighted by molar-refractivity contribution is 6.35. The zero-order chi connectivity index (χ0) is 14.7. The van der Waals surface area contributed by atoms with Gasteiger partial charge in [-0.15, -0.1) is 0 Å². The number of aldehydes is 1. The summed E-state index contributed by atoms with van der Waals surface area (Å²) in [5.74, 6) is -0.521. The number of aromatic amines is 1. The van der Waals surface area contributed by atoms with Crippen molar-refractivity contribution in [1.82, 2.24) is 4.98 Å². The lowest BCUT2D eigenvalue weighted by atomic mass is 9.96. The van der Waals surface area contributed by atoms with Gasteiger partial charge in [0.1, 0.15) is 0 Å². The summed E-state index contributed by atoms with van der Waals surface area (Å²) < 4.78 is 0. The number of Topliss-reactive ketones (excluding diaryl/α,β-unsaturated/α-hetero) is 1. The Hall–Kier alpha value is -2.94. The fraction of sp³-hybridized carbons (Fsp3) is 0. The number of nitrogens with one attached hydrogen (secondary N) is 1. The molecule has 0 fully saturated rings. The Labute approximate surface area is 122 Å². The zero-order valence-corrected chi connectivity index (χ0v) is 11.2. The third-order valence-corrected chi connectivity index (χ3v) is 3.38. The predicted molar refractivity (Wildman–Crippen MR) is 82.1 cm³/mol. The van der Waals surface area contributed by atoms with Gasteiger partial charge in [-0.1, -0.05) is 60.7 Å². The summed E-state index contributed by atoms with van der Waals surface area (Å²) in [5.41, 5.74) is 3.88. The predicted octanol–water partition coefficient (Wildman–Crippen LogP) is 3.73. The molecule has 2 aromatic carbocycles. The molecule has 3 nitrogen and oxygen atoms in total. The number of aromatic nitrogens is 1. The molecule has 3 rings (SSSR count). The third kappa shape index (κ3) is 2.41. The van der Waals surface area contributed by atoms with Gasteiger partial charge in [0.2, 0.25) is 5.78 Å². The molecule has 1 aromatic heterocycles. The Morgan fingerprint density at radius 2 is 1.43 bits per heavy atom. The Morgan fingerprint density at radius 1 is 0.857 bits per heavy atom. The maximum atomic E-state index is 11.9. The lowest BCUT2D eigenvalue weighted by molar-refractivity contribution is -0.104. The minimum absolute atomic E-state index is 0.352. The molecule has 0 saturated heterocycles. The average molecular weight is 275 g/mol. The van der Waals surface area contributed by atoms with E-state index in [4.69, 9.17) is 0 Å². The van der Waals surface area contributed by atoms with Gasteiger partial charge in [-0.25, -0.2) is 0 Å². The van der Waals surface area contributed by atoms with Crippen LogP contribution in [0.15, 0.2) is 66.9 Å². The molecule has 0 unspecified atom stereocenters. The van der Waals surface area contributed by atoms with E-state index in [1.165, 1.54) is 0 Å². The van der Waals surface area contributed by atoms with E-state index in [9.17, 15) is 9.59 Å². The lowest BCUT2D eigenvalue weighted by Crippen LogP contribution is -2.00. The van der Waals surface area contributed by atoms with E-state index in [0.717, 1.165) is 22.4 Å². The SMILES string of the molecule is O=CC(=O)c1c[nH]c(-c2ccccc2)c1-c1ccccc1. The van der Waals surface area contributed by atoms with E-state index in [2.05, 4.69) is 4.98 Å². The summed E-state index contributed by atoms with van der Waals surface area (Å²) in [6.45, 7) is 0. The minimum Gasteiger partial charge on any atom is -0.360 e. The smallest absolute Gasteiger partial charge is 0.227 e. The van der Waals surface area contributed by atoms with Crippen molar-refractivity contribution in [2.24, 2.45) is 0 Å². The van der Waals surface area contributed by atoms with E-state index < -0.39 is 5.78 Å². The Balaban J connectivity index is 2.25. The second-order valence-electron chi connectivity index (χ2n) is 4.67. The third-order valence-electron chi connectivity index (χ3n) is 3.38. The Kier molecular flexibility index (Phi) is 3.48. The highest BCUT2D eigenvalue weighted by Gasteiger charge is 2.19. The molecule has 0 aliphatic rings. The van der Waals surface area contributed by atoms with E-state index >= 15 is 0 Å². The number of benzene rings is 2. The van der Waals surface area contributed by atoms with E-state index in [1.807, 2.05) is 60.7 Å².